The average Bonchev–Trinajstić information content (AvgIpc) is 2.64. The number of benzene rings is 1. The highest BCUT2D eigenvalue weighted by molar-refractivity contribution is 7.88. The molecule has 0 radical (unpaired) electrons. The molecule has 2 aliphatic heterocycles. The standard InChI is InChI=1S/C19H29N3O3S/c1-26(24,25)22-12-4-8-18(15-22)19(23)20-10-5-11-21-13-9-16-6-2-3-7-17(16)14-21/h2-3,6-7,18H,4-5,8-15H2,1H3,(H,20,23)/t18-/m0/s1. The molecule has 1 aromatic rings. The topological polar surface area (TPSA) is 69.7 Å². The number of amides is 1. The van der Waals surface area contributed by atoms with E-state index in [1.807, 2.05) is 0 Å². The van der Waals surface area contributed by atoms with Gasteiger partial charge in [0.25, 0.3) is 0 Å². The second-order valence-electron chi connectivity index (χ2n) is 7.40. The number of hydrogen-bond donors (Lipinski definition) is 1. The van der Waals surface area contributed by atoms with E-state index >= 15 is 0 Å². The lowest BCUT2D eigenvalue weighted by Crippen LogP contribution is -2.45. The van der Waals surface area contributed by atoms with E-state index in [0.29, 0.717) is 19.6 Å². The molecule has 144 valence electrons. The molecule has 1 saturated heterocycles. The van der Waals surface area contributed by atoms with E-state index in [-0.39, 0.29) is 11.8 Å². The molecule has 1 fully saturated rings. The zero-order valence-electron chi connectivity index (χ0n) is 15.5. The summed E-state index contributed by atoms with van der Waals surface area (Å²) >= 11 is 0. The van der Waals surface area contributed by atoms with E-state index in [1.54, 1.807) is 0 Å². The fourth-order valence-electron chi connectivity index (χ4n) is 3.86. The van der Waals surface area contributed by atoms with Crippen LogP contribution in [0.25, 0.3) is 0 Å². The zero-order valence-corrected chi connectivity index (χ0v) is 16.3. The Kier molecular flexibility index (Phi) is 6.32. The molecule has 0 saturated carbocycles. The van der Waals surface area contributed by atoms with Gasteiger partial charge < -0.3 is 5.32 Å². The second kappa shape index (κ2) is 8.50. The molecule has 26 heavy (non-hydrogen) atoms. The maximum atomic E-state index is 12.3. The molecule has 1 N–H and O–H groups in total. The largest absolute Gasteiger partial charge is 0.356 e. The van der Waals surface area contributed by atoms with Crippen molar-refractivity contribution in [3.05, 3.63) is 35.4 Å². The lowest BCUT2D eigenvalue weighted by atomic mass is 9.99. The third-order valence-electron chi connectivity index (χ3n) is 5.38. The third kappa shape index (κ3) is 5.05. The predicted octanol–water partition coefficient (Wildman–Crippen LogP) is 1.22. The SMILES string of the molecule is CS(=O)(=O)N1CCC[C@H](C(=O)NCCCN2CCc3ccccc3C2)C1. The second-order valence-corrected chi connectivity index (χ2v) is 9.38. The summed E-state index contributed by atoms with van der Waals surface area (Å²) in [6.07, 6.45) is 4.73. The van der Waals surface area contributed by atoms with E-state index in [4.69, 9.17) is 0 Å². The lowest BCUT2D eigenvalue weighted by molar-refractivity contribution is -0.126. The minimum atomic E-state index is -3.21. The summed E-state index contributed by atoms with van der Waals surface area (Å²) in [5, 5.41) is 3.00. The van der Waals surface area contributed by atoms with E-state index in [1.165, 1.54) is 21.7 Å². The van der Waals surface area contributed by atoms with Gasteiger partial charge in [-0.15, -0.1) is 0 Å². The number of hydrogen-bond acceptors (Lipinski definition) is 4. The fourth-order valence-corrected chi connectivity index (χ4v) is 4.77. The van der Waals surface area contributed by atoms with Gasteiger partial charge in [0.05, 0.1) is 12.2 Å². The highest BCUT2D eigenvalue weighted by Gasteiger charge is 2.29. The molecule has 2 aliphatic rings. The minimum absolute atomic E-state index is 0.0117. The van der Waals surface area contributed by atoms with E-state index < -0.39 is 10.0 Å². The molecule has 3 rings (SSSR count). The van der Waals surface area contributed by atoms with Crippen LogP contribution in [0, 0.1) is 5.92 Å². The number of carbonyl (C=O) groups excluding carboxylic acids is 1. The molecule has 1 aromatic carbocycles. The molecule has 0 bridgehead atoms. The van der Waals surface area contributed by atoms with E-state index in [2.05, 4.69) is 34.5 Å². The van der Waals surface area contributed by atoms with E-state index in [9.17, 15) is 13.2 Å². The van der Waals surface area contributed by atoms with Crippen LogP contribution in [0.4, 0.5) is 0 Å². The Hall–Kier alpha value is -1.44. The number of rotatable bonds is 6. The molecule has 0 spiro atoms. The van der Waals surface area contributed by atoms with Crippen molar-refractivity contribution in [2.75, 3.05) is 39.0 Å². The number of sulfonamides is 1. The predicted molar refractivity (Wildman–Crippen MR) is 102 cm³/mol. The van der Waals surface area contributed by atoms with Gasteiger partial charge >= 0.3 is 0 Å². The number of fused-ring (bicyclic) bond motifs is 1. The van der Waals surface area contributed by atoms with Crippen molar-refractivity contribution in [3.63, 3.8) is 0 Å². The van der Waals surface area contributed by atoms with Crippen molar-refractivity contribution in [1.29, 1.82) is 0 Å². The summed E-state index contributed by atoms with van der Waals surface area (Å²) in [6, 6.07) is 8.59. The summed E-state index contributed by atoms with van der Waals surface area (Å²) in [5.74, 6) is -0.234. The highest BCUT2D eigenvalue weighted by Crippen LogP contribution is 2.19. The molecule has 0 aliphatic carbocycles. The highest BCUT2D eigenvalue weighted by atomic mass is 32.2. The van der Waals surface area contributed by atoms with E-state index in [0.717, 1.165) is 45.3 Å². The average molecular weight is 380 g/mol. The van der Waals surface area contributed by atoms with Crippen molar-refractivity contribution >= 4 is 15.9 Å². The normalized spacial score (nSPS) is 22.0. The van der Waals surface area contributed by atoms with Crippen LogP contribution in [0.1, 0.15) is 30.4 Å². The van der Waals surface area contributed by atoms with Gasteiger partial charge in [-0.1, -0.05) is 24.3 Å². The Morgan fingerprint density at radius 1 is 1.23 bits per heavy atom. The van der Waals surface area contributed by atoms with Crippen molar-refractivity contribution in [1.82, 2.24) is 14.5 Å². The molecule has 0 unspecified atom stereocenters. The first-order valence-corrected chi connectivity index (χ1v) is 11.3. The van der Waals surface area contributed by atoms with Crippen LogP contribution in [0.3, 0.4) is 0 Å². The number of carbonyl (C=O) groups is 1. The molecule has 6 nitrogen and oxygen atoms in total. The van der Waals surface area contributed by atoms with Crippen LogP contribution in [-0.4, -0.2) is 62.5 Å². The molecule has 2 heterocycles. The molecule has 7 heteroatoms. The number of nitrogens with one attached hydrogen (secondary N) is 1. The van der Waals surface area contributed by atoms with Crippen LogP contribution in [0.5, 0.6) is 0 Å². The van der Waals surface area contributed by atoms with Gasteiger partial charge in [-0.25, -0.2) is 12.7 Å². The zero-order chi connectivity index (χ0) is 18.6. The Morgan fingerprint density at radius 2 is 2.00 bits per heavy atom. The monoisotopic (exact) mass is 379 g/mol. The summed E-state index contributed by atoms with van der Waals surface area (Å²) in [6.45, 7) is 4.50. The van der Waals surface area contributed by atoms with Gasteiger partial charge in [0.1, 0.15) is 0 Å². The van der Waals surface area contributed by atoms with Crippen LogP contribution in [0.2, 0.25) is 0 Å². The molecular formula is C19H29N3O3S. The molecular weight excluding hydrogens is 350 g/mol. The number of piperidine rings is 1. The van der Waals surface area contributed by atoms with Crippen molar-refractivity contribution < 1.29 is 13.2 Å². The van der Waals surface area contributed by atoms with Gasteiger partial charge in [0, 0.05) is 39.3 Å². The first kappa shape index (κ1) is 19.3. The Bertz CT molecular complexity index is 735. The van der Waals surface area contributed by atoms with Gasteiger partial charge in [-0.05, 0) is 36.8 Å². The third-order valence-corrected chi connectivity index (χ3v) is 6.65. The van der Waals surface area contributed by atoms with Gasteiger partial charge in [0.2, 0.25) is 15.9 Å². The first-order valence-electron chi connectivity index (χ1n) is 9.45. The summed E-state index contributed by atoms with van der Waals surface area (Å²) in [7, 11) is -3.21. The summed E-state index contributed by atoms with van der Waals surface area (Å²) in [5.41, 5.74) is 2.86. The van der Waals surface area contributed by atoms with Crippen LogP contribution >= 0.6 is 0 Å². The Balaban J connectivity index is 1.38. The van der Waals surface area contributed by atoms with Gasteiger partial charge in [0.15, 0.2) is 0 Å². The lowest BCUT2D eigenvalue weighted by Gasteiger charge is -2.30. The Labute approximate surface area is 156 Å². The fraction of sp³-hybridized carbons (Fsp3) is 0.632. The first-order chi connectivity index (χ1) is 12.4. The number of nitrogens with zero attached hydrogens (tertiary/aromatic N) is 2. The summed E-state index contributed by atoms with van der Waals surface area (Å²) < 4.78 is 24.8. The summed E-state index contributed by atoms with van der Waals surface area (Å²) in [4.78, 5) is 14.8. The molecule has 1 atom stereocenters. The van der Waals surface area contributed by atoms with Crippen molar-refractivity contribution in [2.45, 2.75) is 32.2 Å². The van der Waals surface area contributed by atoms with Crippen LogP contribution in [-0.2, 0) is 27.8 Å². The van der Waals surface area contributed by atoms with Crippen LogP contribution in [0.15, 0.2) is 24.3 Å². The van der Waals surface area contributed by atoms with Crippen molar-refractivity contribution in [2.24, 2.45) is 5.92 Å². The van der Waals surface area contributed by atoms with Crippen molar-refractivity contribution in [3.8, 4) is 0 Å². The molecule has 1 amide bonds. The smallest absolute Gasteiger partial charge is 0.224 e. The Morgan fingerprint density at radius 3 is 2.77 bits per heavy atom. The minimum Gasteiger partial charge on any atom is -0.356 e. The quantitative estimate of drug-likeness (QED) is 0.755. The maximum Gasteiger partial charge on any atom is 0.224 e. The van der Waals surface area contributed by atoms with Gasteiger partial charge in [-0.2, -0.15) is 0 Å². The maximum absolute atomic E-state index is 12.3. The van der Waals surface area contributed by atoms with Gasteiger partial charge in [-0.3, -0.25) is 9.69 Å². The molecule has 0 aromatic heterocycles. The van der Waals surface area contributed by atoms with Crippen LogP contribution < -0.4 is 5.32 Å².